The summed E-state index contributed by atoms with van der Waals surface area (Å²) in [5, 5.41) is 4.15. The van der Waals surface area contributed by atoms with Crippen LogP contribution >= 0.6 is 0 Å². The van der Waals surface area contributed by atoms with Crippen molar-refractivity contribution in [3.63, 3.8) is 0 Å². The van der Waals surface area contributed by atoms with E-state index in [0.29, 0.717) is 16.6 Å². The fraction of sp³-hybridized carbons (Fsp3) is 0.238. The minimum absolute atomic E-state index is 0.0286. The van der Waals surface area contributed by atoms with E-state index in [2.05, 4.69) is 19.8 Å². The van der Waals surface area contributed by atoms with Gasteiger partial charge in [0, 0.05) is 23.5 Å². The van der Waals surface area contributed by atoms with E-state index in [1.165, 1.54) is 19.3 Å². The van der Waals surface area contributed by atoms with E-state index >= 15 is 0 Å². The van der Waals surface area contributed by atoms with Crippen molar-refractivity contribution in [1.29, 1.82) is 0 Å². The molecule has 0 aliphatic rings. The number of fused-ring (bicyclic) bond motifs is 1. The molecule has 0 unspecified atom stereocenters. The number of hydrogen-bond donors (Lipinski definition) is 2. The quantitative estimate of drug-likeness (QED) is 0.422. The second-order valence-corrected chi connectivity index (χ2v) is 9.29. The molecular formula is C21H22N6O4S. The highest BCUT2D eigenvalue weighted by molar-refractivity contribution is 7.92. The lowest BCUT2D eigenvalue weighted by atomic mass is 10.0. The van der Waals surface area contributed by atoms with Crippen molar-refractivity contribution < 1.29 is 17.7 Å². The van der Waals surface area contributed by atoms with Gasteiger partial charge in [0.15, 0.2) is 16.4 Å². The zero-order valence-corrected chi connectivity index (χ0v) is 18.8. The number of nitrogen functional groups attached to an aromatic ring is 1. The molecule has 0 radical (unpaired) electrons. The normalized spacial score (nSPS) is 11.9. The van der Waals surface area contributed by atoms with Crippen LogP contribution in [-0.4, -0.2) is 33.9 Å². The Morgan fingerprint density at radius 1 is 1.22 bits per heavy atom. The topological polar surface area (TPSA) is 146 Å². The number of nitrogens with two attached hydrogens (primary N) is 1. The van der Waals surface area contributed by atoms with Gasteiger partial charge in [-0.2, -0.15) is 0 Å². The number of hydrogen-bond acceptors (Lipinski definition) is 8. The van der Waals surface area contributed by atoms with Gasteiger partial charge < -0.3 is 14.8 Å². The lowest BCUT2D eigenvalue weighted by Crippen LogP contribution is -2.15. The number of sulfonamides is 1. The lowest BCUT2D eigenvalue weighted by Gasteiger charge is -2.09. The standard InChI is InChI=1S/C21H22N6O4S/c1-11(2)27-9-16(17-20(22)23-10-24-21(17)27)18(28)14-6-5-7-15(8-14)26-32(29,30)19-12(3)25-31-13(19)4/h5-11,26H,1-4H3,(H2,22,23,24). The number of carbonyl (C=O) groups excluding carboxylic acids is 1. The molecule has 1 aromatic carbocycles. The Labute approximate surface area is 184 Å². The molecule has 0 bridgehead atoms. The van der Waals surface area contributed by atoms with Gasteiger partial charge in [-0.05, 0) is 39.8 Å². The largest absolute Gasteiger partial charge is 0.383 e. The second-order valence-electron chi connectivity index (χ2n) is 7.67. The maximum Gasteiger partial charge on any atom is 0.267 e. The molecule has 0 atom stereocenters. The Bertz CT molecular complexity index is 1430. The number of rotatable bonds is 6. The summed E-state index contributed by atoms with van der Waals surface area (Å²) in [7, 11) is -3.95. The van der Waals surface area contributed by atoms with E-state index in [1.807, 2.05) is 18.4 Å². The maximum atomic E-state index is 13.4. The number of carbonyl (C=O) groups is 1. The van der Waals surface area contributed by atoms with E-state index in [4.69, 9.17) is 10.3 Å². The minimum Gasteiger partial charge on any atom is -0.383 e. The molecule has 0 spiro atoms. The maximum absolute atomic E-state index is 13.4. The molecule has 0 saturated carbocycles. The van der Waals surface area contributed by atoms with Gasteiger partial charge in [-0.3, -0.25) is 9.52 Å². The highest BCUT2D eigenvalue weighted by atomic mass is 32.2. The summed E-state index contributed by atoms with van der Waals surface area (Å²) in [6, 6.07) is 6.27. The third kappa shape index (κ3) is 3.60. The smallest absolute Gasteiger partial charge is 0.267 e. The molecule has 3 heterocycles. The Hall–Kier alpha value is -3.73. The van der Waals surface area contributed by atoms with Gasteiger partial charge in [-0.15, -0.1) is 0 Å². The molecule has 0 amide bonds. The SMILES string of the molecule is Cc1noc(C)c1S(=O)(=O)Nc1cccc(C(=O)c2cn(C(C)C)c3ncnc(N)c23)c1. The monoisotopic (exact) mass is 454 g/mol. The first-order valence-electron chi connectivity index (χ1n) is 9.81. The summed E-state index contributed by atoms with van der Waals surface area (Å²) >= 11 is 0. The number of ketones is 1. The van der Waals surface area contributed by atoms with E-state index in [-0.39, 0.29) is 45.2 Å². The molecular weight excluding hydrogens is 432 g/mol. The third-order valence-electron chi connectivity index (χ3n) is 5.05. The average molecular weight is 455 g/mol. The van der Waals surface area contributed by atoms with E-state index in [9.17, 15) is 13.2 Å². The second kappa shape index (κ2) is 7.75. The number of benzene rings is 1. The molecule has 0 saturated heterocycles. The number of nitrogens with zero attached hydrogens (tertiary/aromatic N) is 4. The van der Waals surface area contributed by atoms with Crippen molar-refractivity contribution in [2.75, 3.05) is 10.5 Å². The summed E-state index contributed by atoms with van der Waals surface area (Å²) < 4.78 is 34.9. The molecule has 3 aromatic heterocycles. The minimum atomic E-state index is -3.95. The molecule has 4 aromatic rings. The lowest BCUT2D eigenvalue weighted by molar-refractivity contribution is 0.104. The number of anilines is 2. The van der Waals surface area contributed by atoms with Crippen LogP contribution in [0.2, 0.25) is 0 Å². The van der Waals surface area contributed by atoms with E-state index < -0.39 is 10.0 Å². The zero-order valence-electron chi connectivity index (χ0n) is 17.9. The van der Waals surface area contributed by atoms with E-state index in [0.717, 1.165) is 0 Å². The third-order valence-corrected chi connectivity index (χ3v) is 6.68. The molecule has 3 N–H and O–H groups in total. The summed E-state index contributed by atoms with van der Waals surface area (Å²) in [6.45, 7) is 7.00. The molecule has 166 valence electrons. The first kappa shape index (κ1) is 21.5. The highest BCUT2D eigenvalue weighted by Gasteiger charge is 2.25. The van der Waals surface area contributed by atoms with Crippen LogP contribution in [0.1, 0.15) is 47.3 Å². The van der Waals surface area contributed by atoms with Crippen LogP contribution in [0.25, 0.3) is 11.0 Å². The molecule has 11 heteroatoms. The first-order chi connectivity index (χ1) is 15.1. The Kier molecular flexibility index (Phi) is 5.21. The van der Waals surface area contributed by atoms with Gasteiger partial charge >= 0.3 is 0 Å². The Balaban J connectivity index is 1.74. The van der Waals surface area contributed by atoms with Gasteiger partial charge in [0.05, 0.1) is 10.9 Å². The van der Waals surface area contributed by atoms with E-state index in [1.54, 1.807) is 31.3 Å². The van der Waals surface area contributed by atoms with Crippen LogP contribution in [0.4, 0.5) is 11.5 Å². The van der Waals surface area contributed by atoms with Gasteiger partial charge in [0.2, 0.25) is 0 Å². The van der Waals surface area contributed by atoms with Crippen molar-refractivity contribution in [2.24, 2.45) is 0 Å². The van der Waals surface area contributed by atoms with Crippen LogP contribution in [0.3, 0.4) is 0 Å². The highest BCUT2D eigenvalue weighted by Crippen LogP contribution is 2.29. The summed E-state index contributed by atoms with van der Waals surface area (Å²) in [4.78, 5) is 21.7. The fourth-order valence-corrected chi connectivity index (χ4v) is 5.00. The van der Waals surface area contributed by atoms with Crippen LogP contribution in [0, 0.1) is 13.8 Å². The number of aryl methyl sites for hydroxylation is 2. The predicted molar refractivity (Wildman–Crippen MR) is 119 cm³/mol. The summed E-state index contributed by atoms with van der Waals surface area (Å²) in [5.74, 6) is 0.0569. The van der Waals surface area contributed by atoms with Gasteiger partial charge in [-0.1, -0.05) is 17.3 Å². The molecule has 0 aliphatic carbocycles. The molecule has 32 heavy (non-hydrogen) atoms. The number of aromatic nitrogens is 4. The molecule has 0 fully saturated rings. The van der Waals surface area contributed by atoms with Crippen LogP contribution < -0.4 is 10.5 Å². The van der Waals surface area contributed by atoms with Gasteiger partial charge in [-0.25, -0.2) is 18.4 Å². The van der Waals surface area contributed by atoms with Gasteiger partial charge in [0.25, 0.3) is 10.0 Å². The van der Waals surface area contributed by atoms with Crippen LogP contribution in [0.5, 0.6) is 0 Å². The van der Waals surface area contributed by atoms with Crippen molar-refractivity contribution in [2.45, 2.75) is 38.6 Å². The van der Waals surface area contributed by atoms with Gasteiger partial charge in [0.1, 0.15) is 23.5 Å². The van der Waals surface area contributed by atoms with Crippen molar-refractivity contribution >= 4 is 38.3 Å². The molecule has 4 rings (SSSR count). The van der Waals surface area contributed by atoms with Crippen LogP contribution in [-0.2, 0) is 10.0 Å². The summed E-state index contributed by atoms with van der Waals surface area (Å²) in [6.07, 6.45) is 3.05. The van der Waals surface area contributed by atoms with Crippen molar-refractivity contribution in [3.8, 4) is 0 Å². The van der Waals surface area contributed by atoms with Crippen molar-refractivity contribution in [1.82, 2.24) is 19.7 Å². The molecule has 10 nitrogen and oxygen atoms in total. The van der Waals surface area contributed by atoms with Crippen molar-refractivity contribution in [3.05, 3.63) is 59.4 Å². The first-order valence-corrected chi connectivity index (χ1v) is 11.3. The predicted octanol–water partition coefficient (Wildman–Crippen LogP) is 3.23. The number of nitrogens with one attached hydrogen (secondary N) is 1. The van der Waals surface area contributed by atoms with Crippen LogP contribution in [0.15, 0.2) is 46.2 Å². The fourth-order valence-electron chi connectivity index (χ4n) is 3.62. The Morgan fingerprint density at radius 2 is 1.97 bits per heavy atom. The average Bonchev–Trinajstić information content (AvgIpc) is 3.28. The summed E-state index contributed by atoms with van der Waals surface area (Å²) in [5.41, 5.74) is 7.73. The molecule has 0 aliphatic heterocycles. The zero-order chi connectivity index (χ0) is 23.2. The Morgan fingerprint density at radius 3 is 2.62 bits per heavy atom.